The molecule has 30 heavy (non-hydrogen) atoms. The average Bonchev–Trinajstić information content (AvgIpc) is 2.74. The van der Waals surface area contributed by atoms with E-state index in [1.54, 1.807) is 30.0 Å². The molecule has 0 unspecified atom stereocenters. The summed E-state index contributed by atoms with van der Waals surface area (Å²) in [6.07, 6.45) is 3.40. The highest BCUT2D eigenvalue weighted by Crippen LogP contribution is 2.36. The number of carbonyl (C=O) groups excluding carboxylic acids is 1. The zero-order chi connectivity index (χ0) is 21.3. The van der Waals surface area contributed by atoms with E-state index in [1.165, 1.54) is 28.6 Å². The monoisotopic (exact) mass is 448 g/mol. The van der Waals surface area contributed by atoms with Crippen LogP contribution in [0.25, 0.3) is 0 Å². The molecule has 1 amide bonds. The first-order chi connectivity index (χ1) is 14.4. The molecule has 2 aromatic rings. The Balaban J connectivity index is 1.56. The van der Waals surface area contributed by atoms with Crippen molar-refractivity contribution < 1.29 is 17.6 Å². The Hall–Kier alpha value is -1.90. The number of halogens is 1. The van der Waals surface area contributed by atoms with E-state index in [-0.39, 0.29) is 34.3 Å². The van der Waals surface area contributed by atoms with E-state index in [1.807, 2.05) is 6.92 Å². The third kappa shape index (κ3) is 4.26. The summed E-state index contributed by atoms with van der Waals surface area (Å²) in [5, 5.41) is 2.96. The molecule has 2 aromatic carbocycles. The van der Waals surface area contributed by atoms with Crippen LogP contribution in [0.4, 0.5) is 4.39 Å². The largest absolute Gasteiger partial charge is 0.345 e. The predicted octanol–water partition coefficient (Wildman–Crippen LogP) is 4.36. The van der Waals surface area contributed by atoms with Crippen molar-refractivity contribution in [3.63, 3.8) is 0 Å². The van der Waals surface area contributed by atoms with Crippen LogP contribution in [0.5, 0.6) is 0 Å². The maximum Gasteiger partial charge on any atom is 0.251 e. The van der Waals surface area contributed by atoms with Crippen LogP contribution in [-0.2, 0) is 10.0 Å². The summed E-state index contributed by atoms with van der Waals surface area (Å²) in [6.45, 7) is 2.42. The summed E-state index contributed by atoms with van der Waals surface area (Å²) in [7, 11) is -3.65. The summed E-state index contributed by atoms with van der Waals surface area (Å²) in [4.78, 5) is 14.0. The van der Waals surface area contributed by atoms with Crippen LogP contribution in [0.3, 0.4) is 0 Å². The van der Waals surface area contributed by atoms with Gasteiger partial charge in [0.05, 0.1) is 10.9 Å². The molecule has 0 aliphatic carbocycles. The van der Waals surface area contributed by atoms with Gasteiger partial charge in [0, 0.05) is 28.8 Å². The molecule has 1 N–H and O–H groups in total. The van der Waals surface area contributed by atoms with Crippen LogP contribution in [0, 0.1) is 5.82 Å². The molecule has 5 nitrogen and oxygen atoms in total. The number of benzene rings is 2. The lowest BCUT2D eigenvalue weighted by Crippen LogP contribution is -2.42. The van der Waals surface area contributed by atoms with Crippen LogP contribution >= 0.6 is 11.8 Å². The van der Waals surface area contributed by atoms with Gasteiger partial charge in [-0.25, -0.2) is 12.8 Å². The molecule has 0 spiro atoms. The predicted molar refractivity (Wildman–Crippen MR) is 116 cm³/mol. The Bertz CT molecular complexity index is 1060. The second kappa shape index (κ2) is 8.69. The van der Waals surface area contributed by atoms with Crippen molar-refractivity contribution in [1.82, 2.24) is 9.62 Å². The minimum atomic E-state index is -3.65. The third-order valence-corrected chi connectivity index (χ3v) is 8.89. The zero-order valence-electron chi connectivity index (χ0n) is 16.8. The van der Waals surface area contributed by atoms with Crippen LogP contribution in [0.2, 0.25) is 0 Å². The number of amides is 1. The van der Waals surface area contributed by atoms with Gasteiger partial charge in [-0.3, -0.25) is 4.79 Å². The maximum absolute atomic E-state index is 13.7. The van der Waals surface area contributed by atoms with Gasteiger partial charge in [0.1, 0.15) is 5.82 Å². The van der Waals surface area contributed by atoms with Crippen molar-refractivity contribution in [2.75, 3.05) is 12.3 Å². The van der Waals surface area contributed by atoms with Crippen molar-refractivity contribution in [2.24, 2.45) is 0 Å². The molecule has 0 radical (unpaired) electrons. The van der Waals surface area contributed by atoms with Gasteiger partial charge in [0.15, 0.2) is 0 Å². The van der Waals surface area contributed by atoms with E-state index in [4.69, 9.17) is 0 Å². The van der Waals surface area contributed by atoms with Gasteiger partial charge < -0.3 is 5.32 Å². The van der Waals surface area contributed by atoms with E-state index in [0.29, 0.717) is 13.0 Å². The standard InChI is InChI=1S/C22H25FN2O3S2/c1-15-5-2-3-11-25(15)30(27,28)18-7-4-6-16(13-18)22(26)24-20-10-12-29-21-9-8-17(23)14-19(20)21/h4,6-9,13-15,20H,2-3,5,10-12H2,1H3,(H,24,26)/t15-,20-/m1/s1. The third-order valence-electron chi connectivity index (χ3n) is 5.76. The molecule has 4 rings (SSSR count). The van der Waals surface area contributed by atoms with E-state index in [0.717, 1.165) is 35.5 Å². The van der Waals surface area contributed by atoms with Crippen molar-refractivity contribution in [3.8, 4) is 0 Å². The van der Waals surface area contributed by atoms with E-state index in [2.05, 4.69) is 5.32 Å². The maximum atomic E-state index is 13.7. The van der Waals surface area contributed by atoms with Crippen molar-refractivity contribution in [1.29, 1.82) is 0 Å². The first-order valence-electron chi connectivity index (χ1n) is 10.2. The molecule has 0 aromatic heterocycles. The van der Waals surface area contributed by atoms with Crippen LogP contribution in [0.1, 0.15) is 54.6 Å². The first-order valence-corrected chi connectivity index (χ1v) is 12.6. The SMILES string of the molecule is C[C@@H]1CCCCN1S(=O)(=O)c1cccc(C(=O)N[C@@H]2CCSc3ccc(F)cc32)c1. The van der Waals surface area contributed by atoms with Gasteiger partial charge in [0.2, 0.25) is 10.0 Å². The van der Waals surface area contributed by atoms with Gasteiger partial charge in [-0.05, 0) is 68.1 Å². The number of thioether (sulfide) groups is 1. The summed E-state index contributed by atoms with van der Waals surface area (Å²) in [5.41, 5.74) is 1.06. The van der Waals surface area contributed by atoms with E-state index < -0.39 is 10.0 Å². The lowest BCUT2D eigenvalue weighted by atomic mass is 10.0. The number of fused-ring (bicyclic) bond motifs is 1. The van der Waals surface area contributed by atoms with E-state index in [9.17, 15) is 17.6 Å². The number of rotatable bonds is 4. The van der Waals surface area contributed by atoms with Gasteiger partial charge >= 0.3 is 0 Å². The van der Waals surface area contributed by atoms with Gasteiger partial charge in [-0.15, -0.1) is 11.8 Å². The molecular weight excluding hydrogens is 423 g/mol. The fraction of sp³-hybridized carbons (Fsp3) is 0.409. The lowest BCUT2D eigenvalue weighted by molar-refractivity contribution is 0.0934. The zero-order valence-corrected chi connectivity index (χ0v) is 18.4. The number of piperidine rings is 1. The molecule has 2 atom stereocenters. The van der Waals surface area contributed by atoms with Crippen molar-refractivity contribution in [2.45, 2.75) is 54.5 Å². The molecule has 2 heterocycles. The fourth-order valence-electron chi connectivity index (χ4n) is 4.12. The van der Waals surface area contributed by atoms with Crippen LogP contribution < -0.4 is 5.32 Å². The van der Waals surface area contributed by atoms with E-state index >= 15 is 0 Å². The highest BCUT2D eigenvalue weighted by atomic mass is 32.2. The summed E-state index contributed by atoms with van der Waals surface area (Å²) >= 11 is 1.64. The Morgan fingerprint density at radius 2 is 2.00 bits per heavy atom. The molecule has 8 heteroatoms. The number of hydrogen-bond donors (Lipinski definition) is 1. The highest BCUT2D eigenvalue weighted by molar-refractivity contribution is 7.99. The highest BCUT2D eigenvalue weighted by Gasteiger charge is 2.31. The number of nitrogens with one attached hydrogen (secondary N) is 1. The molecule has 1 fully saturated rings. The Morgan fingerprint density at radius 3 is 2.80 bits per heavy atom. The fourth-order valence-corrected chi connectivity index (χ4v) is 6.97. The Morgan fingerprint density at radius 1 is 1.17 bits per heavy atom. The van der Waals surface area contributed by atoms with Gasteiger partial charge in [-0.1, -0.05) is 12.5 Å². The number of sulfonamides is 1. The van der Waals surface area contributed by atoms with Crippen molar-refractivity contribution in [3.05, 3.63) is 59.4 Å². The van der Waals surface area contributed by atoms with Crippen molar-refractivity contribution >= 4 is 27.7 Å². The van der Waals surface area contributed by atoms with Crippen LogP contribution in [-0.4, -0.2) is 37.0 Å². The minimum absolute atomic E-state index is 0.0487. The lowest BCUT2D eigenvalue weighted by Gasteiger charge is -2.32. The summed E-state index contributed by atoms with van der Waals surface area (Å²) in [6, 6.07) is 10.5. The molecule has 0 bridgehead atoms. The number of carbonyl (C=O) groups is 1. The summed E-state index contributed by atoms with van der Waals surface area (Å²) in [5.74, 6) is 0.135. The molecule has 2 aliphatic rings. The summed E-state index contributed by atoms with van der Waals surface area (Å²) < 4.78 is 41.5. The topological polar surface area (TPSA) is 66.5 Å². The Labute approximate surface area is 181 Å². The average molecular weight is 449 g/mol. The smallest absolute Gasteiger partial charge is 0.251 e. The molecule has 2 aliphatic heterocycles. The van der Waals surface area contributed by atoms with Gasteiger partial charge in [0.25, 0.3) is 5.91 Å². The first kappa shape index (κ1) is 21.3. The quantitative estimate of drug-likeness (QED) is 0.755. The minimum Gasteiger partial charge on any atom is -0.345 e. The van der Waals surface area contributed by atoms with Gasteiger partial charge in [-0.2, -0.15) is 4.31 Å². The second-order valence-electron chi connectivity index (χ2n) is 7.83. The number of nitrogens with zero attached hydrogens (tertiary/aromatic N) is 1. The molecule has 160 valence electrons. The molecule has 0 saturated carbocycles. The second-order valence-corrected chi connectivity index (χ2v) is 10.9. The number of hydrogen-bond acceptors (Lipinski definition) is 4. The molecule has 1 saturated heterocycles. The molecular formula is C22H25FN2O3S2. The van der Waals surface area contributed by atoms with Crippen LogP contribution in [0.15, 0.2) is 52.3 Å². The Kier molecular flexibility index (Phi) is 6.18. The normalized spacial score (nSPS) is 22.3.